The lowest BCUT2D eigenvalue weighted by Crippen LogP contribution is -2.33. The number of nitrogens with zero attached hydrogens (tertiary/aromatic N) is 1. The molecule has 11 heavy (non-hydrogen) atoms. The second kappa shape index (κ2) is 2.57. The fourth-order valence-electron chi connectivity index (χ4n) is 1.13. The predicted octanol–water partition coefficient (Wildman–Crippen LogP) is 0.544. The van der Waals surface area contributed by atoms with Crippen molar-refractivity contribution in [2.45, 2.75) is 19.9 Å². The van der Waals surface area contributed by atoms with Gasteiger partial charge in [-0.1, -0.05) is 20.4 Å². The van der Waals surface area contributed by atoms with Crippen molar-refractivity contribution in [1.29, 1.82) is 0 Å². The van der Waals surface area contributed by atoms with E-state index in [9.17, 15) is 4.79 Å². The summed E-state index contributed by atoms with van der Waals surface area (Å²) in [6, 6.07) is -0.0764. The smallest absolute Gasteiger partial charge is 0.250 e. The molecule has 1 atom stereocenters. The maximum absolute atomic E-state index is 11.4. The third kappa shape index (κ3) is 1.23. The van der Waals surface area contributed by atoms with E-state index in [0.717, 1.165) is 0 Å². The van der Waals surface area contributed by atoms with Gasteiger partial charge in [0, 0.05) is 7.05 Å². The van der Waals surface area contributed by atoms with Crippen LogP contribution >= 0.6 is 0 Å². The Hall–Kier alpha value is -0.990. The molecule has 0 aromatic rings. The van der Waals surface area contributed by atoms with Crippen LogP contribution in [0.4, 0.5) is 0 Å². The third-order valence-corrected chi connectivity index (χ3v) is 1.99. The van der Waals surface area contributed by atoms with E-state index in [-0.39, 0.29) is 11.9 Å². The molecule has 1 saturated heterocycles. The van der Waals surface area contributed by atoms with Gasteiger partial charge in [0.25, 0.3) is 5.91 Å². The molecule has 0 aromatic carbocycles. The van der Waals surface area contributed by atoms with Crippen LogP contribution in [0.25, 0.3) is 0 Å². The number of likely N-dealkylation sites (N-methyl/N-ethyl adjacent to an activating group) is 1. The van der Waals surface area contributed by atoms with Crippen LogP contribution in [-0.4, -0.2) is 23.9 Å². The van der Waals surface area contributed by atoms with Crippen LogP contribution < -0.4 is 5.32 Å². The molecule has 1 heterocycles. The zero-order valence-electron chi connectivity index (χ0n) is 7.22. The maximum atomic E-state index is 11.4. The Bertz CT molecular complexity index is 198. The molecule has 0 spiro atoms. The van der Waals surface area contributed by atoms with Gasteiger partial charge >= 0.3 is 0 Å². The van der Waals surface area contributed by atoms with E-state index in [1.807, 2.05) is 13.8 Å². The first-order valence-electron chi connectivity index (χ1n) is 3.77. The van der Waals surface area contributed by atoms with Crippen LogP contribution in [-0.2, 0) is 4.79 Å². The van der Waals surface area contributed by atoms with E-state index < -0.39 is 0 Å². The lowest BCUT2D eigenvalue weighted by molar-refractivity contribution is -0.127. The van der Waals surface area contributed by atoms with Crippen molar-refractivity contribution < 1.29 is 4.79 Å². The monoisotopic (exact) mass is 154 g/mol. The molecule has 1 aliphatic rings. The SMILES string of the molecule is C=C1NC(C(C)C)C(=O)N1C. The first-order valence-corrected chi connectivity index (χ1v) is 3.77. The van der Waals surface area contributed by atoms with Gasteiger partial charge in [-0.15, -0.1) is 0 Å². The minimum Gasteiger partial charge on any atom is -0.360 e. The summed E-state index contributed by atoms with van der Waals surface area (Å²) in [5, 5.41) is 3.03. The van der Waals surface area contributed by atoms with Crippen molar-refractivity contribution in [1.82, 2.24) is 10.2 Å². The Morgan fingerprint density at radius 2 is 2.18 bits per heavy atom. The molecule has 1 unspecified atom stereocenters. The molecular formula is C8H14N2O. The average molecular weight is 154 g/mol. The van der Waals surface area contributed by atoms with Crippen LogP contribution in [0, 0.1) is 5.92 Å². The Morgan fingerprint density at radius 3 is 2.36 bits per heavy atom. The molecule has 0 bridgehead atoms. The highest BCUT2D eigenvalue weighted by molar-refractivity contribution is 5.86. The van der Waals surface area contributed by atoms with Crippen LogP contribution in [0.2, 0.25) is 0 Å². The van der Waals surface area contributed by atoms with Gasteiger partial charge in [-0.25, -0.2) is 0 Å². The number of hydrogen-bond acceptors (Lipinski definition) is 2. The Kier molecular flexibility index (Phi) is 1.89. The van der Waals surface area contributed by atoms with E-state index in [2.05, 4.69) is 11.9 Å². The number of carbonyl (C=O) groups excluding carboxylic acids is 1. The molecule has 0 saturated carbocycles. The fourth-order valence-corrected chi connectivity index (χ4v) is 1.13. The minimum atomic E-state index is -0.0764. The molecule has 1 rings (SSSR count). The highest BCUT2D eigenvalue weighted by atomic mass is 16.2. The second-order valence-electron chi connectivity index (χ2n) is 3.21. The van der Waals surface area contributed by atoms with E-state index in [1.54, 1.807) is 11.9 Å². The summed E-state index contributed by atoms with van der Waals surface area (Å²) in [5.41, 5.74) is 0. The average Bonchev–Trinajstić information content (AvgIpc) is 2.17. The molecule has 62 valence electrons. The van der Waals surface area contributed by atoms with Gasteiger partial charge in [-0.3, -0.25) is 4.79 Å². The van der Waals surface area contributed by atoms with Gasteiger partial charge in [0.2, 0.25) is 0 Å². The quantitative estimate of drug-likeness (QED) is 0.598. The molecule has 3 nitrogen and oxygen atoms in total. The summed E-state index contributed by atoms with van der Waals surface area (Å²) in [5.74, 6) is 1.14. The van der Waals surface area contributed by atoms with Crippen molar-refractivity contribution in [3.8, 4) is 0 Å². The van der Waals surface area contributed by atoms with Gasteiger partial charge < -0.3 is 10.2 Å². The molecule has 1 amide bonds. The topological polar surface area (TPSA) is 32.3 Å². The van der Waals surface area contributed by atoms with Crippen LogP contribution in [0.1, 0.15) is 13.8 Å². The minimum absolute atomic E-state index is 0.0764. The number of nitrogens with one attached hydrogen (secondary N) is 1. The zero-order valence-corrected chi connectivity index (χ0v) is 7.22. The summed E-state index contributed by atoms with van der Waals surface area (Å²) < 4.78 is 0. The predicted molar refractivity (Wildman–Crippen MR) is 43.7 cm³/mol. The van der Waals surface area contributed by atoms with E-state index in [1.165, 1.54) is 0 Å². The van der Waals surface area contributed by atoms with Crippen LogP contribution in [0.3, 0.4) is 0 Å². The number of amides is 1. The van der Waals surface area contributed by atoms with Crippen molar-refractivity contribution in [2.24, 2.45) is 5.92 Å². The number of hydrogen-bond donors (Lipinski definition) is 1. The van der Waals surface area contributed by atoms with E-state index in [0.29, 0.717) is 11.7 Å². The standard InChI is InChI=1S/C8H14N2O/c1-5(2)7-8(11)10(4)6(3)9-7/h5,7,9H,3H2,1-2,4H3. The fraction of sp³-hybridized carbons (Fsp3) is 0.625. The van der Waals surface area contributed by atoms with Crippen molar-refractivity contribution in [2.75, 3.05) is 7.05 Å². The highest BCUT2D eigenvalue weighted by Crippen LogP contribution is 2.15. The molecule has 0 aromatic heterocycles. The van der Waals surface area contributed by atoms with Gasteiger partial charge in [-0.2, -0.15) is 0 Å². The maximum Gasteiger partial charge on any atom is 0.250 e. The lowest BCUT2D eigenvalue weighted by Gasteiger charge is -2.11. The summed E-state index contributed by atoms with van der Waals surface area (Å²) in [6.07, 6.45) is 0. The van der Waals surface area contributed by atoms with Crippen LogP contribution in [0.15, 0.2) is 12.4 Å². The second-order valence-corrected chi connectivity index (χ2v) is 3.21. The normalized spacial score (nSPS) is 24.7. The Balaban J connectivity index is 2.75. The van der Waals surface area contributed by atoms with Crippen molar-refractivity contribution >= 4 is 5.91 Å². The van der Waals surface area contributed by atoms with E-state index >= 15 is 0 Å². The van der Waals surface area contributed by atoms with Crippen molar-refractivity contribution in [3.05, 3.63) is 12.4 Å². The first kappa shape index (κ1) is 8.11. The highest BCUT2D eigenvalue weighted by Gasteiger charge is 2.33. The lowest BCUT2D eigenvalue weighted by atomic mass is 10.1. The molecule has 1 aliphatic heterocycles. The zero-order chi connectivity index (χ0) is 8.59. The Labute approximate surface area is 67.1 Å². The Morgan fingerprint density at radius 1 is 1.64 bits per heavy atom. The number of carbonyl (C=O) groups is 1. The summed E-state index contributed by atoms with van der Waals surface area (Å²) in [4.78, 5) is 12.9. The summed E-state index contributed by atoms with van der Waals surface area (Å²) in [6.45, 7) is 7.74. The molecule has 0 radical (unpaired) electrons. The van der Waals surface area contributed by atoms with Gasteiger partial charge in [0.1, 0.15) is 11.9 Å². The molecular weight excluding hydrogens is 140 g/mol. The molecule has 0 aliphatic carbocycles. The summed E-state index contributed by atoms with van der Waals surface area (Å²) >= 11 is 0. The number of rotatable bonds is 1. The van der Waals surface area contributed by atoms with Gasteiger partial charge in [-0.05, 0) is 5.92 Å². The molecule has 1 fully saturated rings. The molecule has 3 heteroatoms. The first-order chi connectivity index (χ1) is 5.04. The van der Waals surface area contributed by atoms with Gasteiger partial charge in [0.05, 0.1) is 0 Å². The molecule has 1 N–H and O–H groups in total. The van der Waals surface area contributed by atoms with Gasteiger partial charge in [0.15, 0.2) is 0 Å². The third-order valence-electron chi connectivity index (χ3n) is 1.99. The largest absolute Gasteiger partial charge is 0.360 e. The van der Waals surface area contributed by atoms with Crippen LogP contribution in [0.5, 0.6) is 0 Å². The summed E-state index contributed by atoms with van der Waals surface area (Å²) in [7, 11) is 1.74. The van der Waals surface area contributed by atoms with Crippen molar-refractivity contribution in [3.63, 3.8) is 0 Å². The van der Waals surface area contributed by atoms with E-state index in [4.69, 9.17) is 0 Å².